The minimum Gasteiger partial charge on any atom is -0.497 e. The van der Waals surface area contributed by atoms with Crippen molar-refractivity contribution in [3.8, 4) is 17.2 Å². The molecule has 0 radical (unpaired) electrons. The minimum atomic E-state index is -0.277. The van der Waals surface area contributed by atoms with Crippen molar-refractivity contribution < 1.29 is 18.6 Å². The molecule has 0 saturated carbocycles. The van der Waals surface area contributed by atoms with E-state index >= 15 is 0 Å². The van der Waals surface area contributed by atoms with Gasteiger partial charge in [-0.15, -0.1) is 0 Å². The Labute approximate surface area is 164 Å². The zero-order valence-corrected chi connectivity index (χ0v) is 16.1. The average Bonchev–Trinajstić information content (AvgIpc) is 2.73. The number of hydrogen-bond acceptors (Lipinski definition) is 4. The summed E-state index contributed by atoms with van der Waals surface area (Å²) in [4.78, 5) is 0. The maximum absolute atomic E-state index is 13.8. The lowest BCUT2D eigenvalue weighted by Gasteiger charge is -2.14. The molecule has 146 valence electrons. The third-order valence-electron chi connectivity index (χ3n) is 4.24. The predicted octanol–water partition coefficient (Wildman–Crippen LogP) is 5.42. The van der Waals surface area contributed by atoms with Crippen LogP contribution in [0.1, 0.15) is 18.1 Å². The first kappa shape index (κ1) is 19.5. The molecule has 5 heteroatoms. The molecule has 4 nitrogen and oxygen atoms in total. The van der Waals surface area contributed by atoms with E-state index in [0.717, 1.165) is 17.0 Å². The Morgan fingerprint density at radius 1 is 0.893 bits per heavy atom. The van der Waals surface area contributed by atoms with Crippen LogP contribution in [0.4, 0.5) is 10.1 Å². The summed E-state index contributed by atoms with van der Waals surface area (Å²) in [5.41, 5.74) is 2.56. The summed E-state index contributed by atoms with van der Waals surface area (Å²) in [7, 11) is 1.65. The van der Waals surface area contributed by atoms with Crippen molar-refractivity contribution in [3.05, 3.63) is 83.7 Å². The van der Waals surface area contributed by atoms with Crippen molar-refractivity contribution >= 4 is 5.69 Å². The first-order valence-electron chi connectivity index (χ1n) is 9.19. The summed E-state index contributed by atoms with van der Waals surface area (Å²) in [6.45, 7) is 3.23. The van der Waals surface area contributed by atoms with Crippen LogP contribution in [0.2, 0.25) is 0 Å². The molecule has 0 aliphatic heterocycles. The van der Waals surface area contributed by atoms with E-state index in [1.54, 1.807) is 25.3 Å². The van der Waals surface area contributed by atoms with Crippen LogP contribution in [0.3, 0.4) is 0 Å². The fourth-order valence-corrected chi connectivity index (χ4v) is 2.73. The topological polar surface area (TPSA) is 39.7 Å². The van der Waals surface area contributed by atoms with Crippen molar-refractivity contribution in [2.45, 2.75) is 20.1 Å². The maximum atomic E-state index is 13.8. The molecule has 3 aromatic carbocycles. The van der Waals surface area contributed by atoms with E-state index in [9.17, 15) is 4.39 Å². The van der Waals surface area contributed by atoms with Gasteiger partial charge < -0.3 is 19.5 Å². The SMILES string of the molecule is CCOc1cc(CNc2ccc(OC)cc2)ccc1OCc1ccccc1F. The smallest absolute Gasteiger partial charge is 0.161 e. The monoisotopic (exact) mass is 381 g/mol. The lowest BCUT2D eigenvalue weighted by atomic mass is 10.2. The largest absolute Gasteiger partial charge is 0.497 e. The van der Waals surface area contributed by atoms with Gasteiger partial charge in [-0.25, -0.2) is 4.39 Å². The van der Waals surface area contributed by atoms with Crippen LogP contribution in [0.15, 0.2) is 66.7 Å². The van der Waals surface area contributed by atoms with E-state index in [1.807, 2.05) is 49.4 Å². The van der Waals surface area contributed by atoms with Gasteiger partial charge in [0.15, 0.2) is 11.5 Å². The van der Waals surface area contributed by atoms with E-state index < -0.39 is 0 Å². The molecule has 0 unspecified atom stereocenters. The summed E-state index contributed by atoms with van der Waals surface area (Å²) in [5, 5.41) is 3.36. The average molecular weight is 381 g/mol. The molecule has 0 spiro atoms. The minimum absolute atomic E-state index is 0.149. The van der Waals surface area contributed by atoms with Gasteiger partial charge in [0.1, 0.15) is 18.2 Å². The lowest BCUT2D eigenvalue weighted by Crippen LogP contribution is -2.03. The Morgan fingerprint density at radius 3 is 2.39 bits per heavy atom. The van der Waals surface area contributed by atoms with E-state index in [1.165, 1.54) is 6.07 Å². The molecule has 0 aromatic heterocycles. The van der Waals surface area contributed by atoms with Crippen LogP contribution < -0.4 is 19.5 Å². The molecule has 3 aromatic rings. The number of methoxy groups -OCH3 is 1. The van der Waals surface area contributed by atoms with Gasteiger partial charge in [-0.3, -0.25) is 0 Å². The molecule has 28 heavy (non-hydrogen) atoms. The van der Waals surface area contributed by atoms with Gasteiger partial charge in [0.2, 0.25) is 0 Å². The number of anilines is 1. The van der Waals surface area contributed by atoms with E-state index in [-0.39, 0.29) is 12.4 Å². The van der Waals surface area contributed by atoms with Crippen LogP contribution in [0.25, 0.3) is 0 Å². The van der Waals surface area contributed by atoms with Crippen molar-refractivity contribution in [2.75, 3.05) is 19.0 Å². The van der Waals surface area contributed by atoms with Crippen molar-refractivity contribution in [2.24, 2.45) is 0 Å². The van der Waals surface area contributed by atoms with Crippen molar-refractivity contribution in [1.82, 2.24) is 0 Å². The number of nitrogens with one attached hydrogen (secondary N) is 1. The van der Waals surface area contributed by atoms with Gasteiger partial charge in [-0.1, -0.05) is 24.3 Å². The maximum Gasteiger partial charge on any atom is 0.161 e. The van der Waals surface area contributed by atoms with Crippen LogP contribution in [-0.2, 0) is 13.2 Å². The molecule has 0 bridgehead atoms. The molecule has 0 saturated heterocycles. The molecule has 1 N–H and O–H groups in total. The number of halogens is 1. The Morgan fingerprint density at radius 2 is 1.68 bits per heavy atom. The van der Waals surface area contributed by atoms with Crippen LogP contribution in [0.5, 0.6) is 17.2 Å². The molecule has 0 atom stereocenters. The van der Waals surface area contributed by atoms with Gasteiger partial charge in [0.05, 0.1) is 13.7 Å². The van der Waals surface area contributed by atoms with Gasteiger partial charge in [0.25, 0.3) is 0 Å². The summed E-state index contributed by atoms with van der Waals surface area (Å²) < 4.78 is 30.5. The highest BCUT2D eigenvalue weighted by Gasteiger charge is 2.09. The second kappa shape index (κ2) is 9.65. The number of benzene rings is 3. The molecule has 0 fully saturated rings. The van der Waals surface area contributed by atoms with E-state index in [2.05, 4.69) is 5.32 Å². The highest BCUT2D eigenvalue weighted by molar-refractivity contribution is 5.48. The van der Waals surface area contributed by atoms with Gasteiger partial charge in [-0.05, 0) is 55.0 Å². The molecular weight excluding hydrogens is 357 g/mol. The van der Waals surface area contributed by atoms with Crippen LogP contribution >= 0.6 is 0 Å². The standard InChI is InChI=1S/C23H24FNO3/c1-3-27-23-14-17(15-25-19-9-11-20(26-2)12-10-19)8-13-22(23)28-16-18-6-4-5-7-21(18)24/h4-14,25H,3,15-16H2,1-2H3. The first-order valence-corrected chi connectivity index (χ1v) is 9.19. The molecule has 0 amide bonds. The first-order chi connectivity index (χ1) is 13.7. The Bertz CT molecular complexity index is 897. The Hall–Kier alpha value is -3.21. The second-order valence-electron chi connectivity index (χ2n) is 6.18. The van der Waals surface area contributed by atoms with Crippen LogP contribution in [-0.4, -0.2) is 13.7 Å². The van der Waals surface area contributed by atoms with E-state index in [0.29, 0.717) is 30.2 Å². The van der Waals surface area contributed by atoms with Gasteiger partial charge >= 0.3 is 0 Å². The highest BCUT2D eigenvalue weighted by Crippen LogP contribution is 2.30. The summed E-state index contributed by atoms with van der Waals surface area (Å²) in [6, 6.07) is 20.1. The Balaban J connectivity index is 1.66. The van der Waals surface area contributed by atoms with Gasteiger partial charge in [-0.2, -0.15) is 0 Å². The molecular formula is C23H24FNO3. The third kappa shape index (κ3) is 5.16. The zero-order chi connectivity index (χ0) is 19.8. The summed E-state index contributed by atoms with van der Waals surface area (Å²) in [6.07, 6.45) is 0. The number of ether oxygens (including phenoxy) is 3. The number of hydrogen-bond donors (Lipinski definition) is 1. The fourth-order valence-electron chi connectivity index (χ4n) is 2.73. The molecule has 0 aliphatic carbocycles. The highest BCUT2D eigenvalue weighted by atomic mass is 19.1. The lowest BCUT2D eigenvalue weighted by molar-refractivity contribution is 0.265. The quantitative estimate of drug-likeness (QED) is 0.537. The third-order valence-corrected chi connectivity index (χ3v) is 4.24. The molecule has 0 aliphatic rings. The Kier molecular flexibility index (Phi) is 6.73. The van der Waals surface area contributed by atoms with E-state index in [4.69, 9.17) is 14.2 Å². The van der Waals surface area contributed by atoms with Crippen molar-refractivity contribution in [1.29, 1.82) is 0 Å². The van der Waals surface area contributed by atoms with Crippen LogP contribution in [0, 0.1) is 5.82 Å². The van der Waals surface area contributed by atoms with Crippen molar-refractivity contribution in [3.63, 3.8) is 0 Å². The normalized spacial score (nSPS) is 10.4. The predicted molar refractivity (Wildman–Crippen MR) is 109 cm³/mol. The molecule has 0 heterocycles. The fraction of sp³-hybridized carbons (Fsp3) is 0.217. The number of rotatable bonds is 9. The zero-order valence-electron chi connectivity index (χ0n) is 16.1. The second-order valence-corrected chi connectivity index (χ2v) is 6.18. The summed E-state index contributed by atoms with van der Waals surface area (Å²) in [5.74, 6) is 1.78. The summed E-state index contributed by atoms with van der Waals surface area (Å²) >= 11 is 0. The van der Waals surface area contributed by atoms with Gasteiger partial charge in [0, 0.05) is 17.8 Å². The molecule has 3 rings (SSSR count).